The van der Waals surface area contributed by atoms with Crippen LogP contribution < -0.4 is 0 Å². The molecule has 0 aromatic heterocycles. The van der Waals surface area contributed by atoms with E-state index in [0.717, 1.165) is 0 Å². The summed E-state index contributed by atoms with van der Waals surface area (Å²) in [4.78, 5) is 0. The average molecular weight is 433 g/mol. The topological polar surface area (TPSA) is 164 Å². The van der Waals surface area contributed by atoms with Crippen molar-refractivity contribution in [3.63, 3.8) is 0 Å². The maximum Gasteiger partial charge on any atom is 0.415 e. The molecule has 0 saturated heterocycles. The van der Waals surface area contributed by atoms with Crippen LogP contribution in [0.3, 0.4) is 0 Å². The van der Waals surface area contributed by atoms with Gasteiger partial charge >= 0.3 is 10.4 Å². The minimum Gasteiger partial charge on any atom is -0.242 e. The first-order valence-corrected chi connectivity index (χ1v) is 12.7. The average Bonchev–Trinajstić information content (AvgIpc) is 2.15. The fourth-order valence-corrected chi connectivity index (χ4v) is 6.17. The van der Waals surface area contributed by atoms with E-state index in [0.29, 0.717) is 6.26 Å². The molecule has 0 N–H and O–H groups in total. The molecular weight excluding hydrogens is 412 g/mol. The molecule has 0 rings (SSSR count). The van der Waals surface area contributed by atoms with Crippen LogP contribution in [0.1, 0.15) is 33.6 Å². The van der Waals surface area contributed by atoms with E-state index in [9.17, 15) is 33.7 Å². The van der Waals surface area contributed by atoms with Crippen molar-refractivity contribution >= 4 is 40.8 Å². The lowest BCUT2D eigenvalue weighted by atomic mass is 10.2. The van der Waals surface area contributed by atoms with Crippen LogP contribution in [0.5, 0.6) is 0 Å². The molecule has 0 bridgehead atoms. The summed E-state index contributed by atoms with van der Waals surface area (Å²) in [6, 6.07) is 0. The molecule has 146 valence electrons. The molecule has 0 saturated carbocycles. The normalized spacial score (nSPS) is 14.7. The molecule has 0 amide bonds. The Morgan fingerprint density at radius 2 is 1.08 bits per heavy atom. The highest BCUT2D eigenvalue weighted by Crippen LogP contribution is 2.15. The van der Waals surface area contributed by atoms with Crippen LogP contribution in [0.2, 0.25) is 0 Å². The SMILES string of the molecule is CC(C)(C)OS(=O)(=O)OS(=O)(=O)CCCCS(=O)(=O)OS(C)(=O)=O. The van der Waals surface area contributed by atoms with Gasteiger partial charge in [-0.3, -0.25) is 0 Å². The Hall–Kier alpha value is -0.320. The Kier molecular flexibility index (Phi) is 7.82. The highest BCUT2D eigenvalue weighted by atomic mass is 32.3. The molecule has 0 aromatic carbocycles. The van der Waals surface area contributed by atoms with Gasteiger partial charge in [0.05, 0.1) is 23.4 Å². The number of hydrogen-bond acceptors (Lipinski definition) is 11. The van der Waals surface area contributed by atoms with Crippen molar-refractivity contribution in [2.75, 3.05) is 17.8 Å². The van der Waals surface area contributed by atoms with Gasteiger partial charge in [0, 0.05) is 0 Å². The number of hydrogen-bond donors (Lipinski definition) is 0. The molecule has 0 unspecified atom stereocenters. The standard InChI is InChI=1S/C9H20O11S4/c1-9(2,3)18-24(16,17)20-23(14,15)8-6-5-7-22(12,13)19-21(4,10)11/h5-8H2,1-4H3. The third kappa shape index (κ3) is 13.0. The van der Waals surface area contributed by atoms with E-state index in [-0.39, 0.29) is 12.8 Å². The molecule has 0 aliphatic carbocycles. The predicted molar refractivity (Wildman–Crippen MR) is 83.6 cm³/mol. The maximum absolute atomic E-state index is 11.5. The molecule has 15 heteroatoms. The molecule has 0 aliphatic rings. The Morgan fingerprint density at radius 3 is 1.42 bits per heavy atom. The zero-order valence-electron chi connectivity index (χ0n) is 13.5. The van der Waals surface area contributed by atoms with Gasteiger partial charge in [-0.15, -0.1) is 7.26 Å². The van der Waals surface area contributed by atoms with Gasteiger partial charge in [0.2, 0.25) is 0 Å². The van der Waals surface area contributed by atoms with E-state index in [1.165, 1.54) is 20.8 Å². The van der Waals surface area contributed by atoms with Crippen LogP contribution in [0, 0.1) is 0 Å². The van der Waals surface area contributed by atoms with Gasteiger partial charge in [0.15, 0.2) is 0 Å². The molecule has 0 radical (unpaired) electrons. The number of rotatable bonds is 10. The molecule has 0 aromatic rings. The smallest absolute Gasteiger partial charge is 0.242 e. The highest BCUT2D eigenvalue weighted by Gasteiger charge is 2.29. The Labute approximate surface area is 143 Å². The summed E-state index contributed by atoms with van der Waals surface area (Å²) in [7, 11) is -17.9. The summed E-state index contributed by atoms with van der Waals surface area (Å²) in [6.45, 7) is 4.10. The summed E-state index contributed by atoms with van der Waals surface area (Å²) in [5.74, 6) is -1.57. The second-order valence-electron chi connectivity index (χ2n) is 5.67. The monoisotopic (exact) mass is 432 g/mol. The Morgan fingerprint density at radius 1 is 0.708 bits per heavy atom. The lowest BCUT2D eigenvalue weighted by Gasteiger charge is -2.17. The van der Waals surface area contributed by atoms with E-state index in [2.05, 4.69) is 11.4 Å². The fourth-order valence-electron chi connectivity index (χ4n) is 1.26. The van der Waals surface area contributed by atoms with Crippen molar-refractivity contribution in [3.8, 4) is 0 Å². The van der Waals surface area contributed by atoms with Crippen LogP contribution in [0.4, 0.5) is 0 Å². The first-order valence-electron chi connectivity index (χ1n) is 6.36. The van der Waals surface area contributed by atoms with E-state index in [4.69, 9.17) is 0 Å². The molecule has 11 nitrogen and oxygen atoms in total. The van der Waals surface area contributed by atoms with Crippen molar-refractivity contribution in [2.45, 2.75) is 39.2 Å². The fraction of sp³-hybridized carbons (Fsp3) is 1.00. The molecule has 0 spiro atoms. The highest BCUT2D eigenvalue weighted by molar-refractivity contribution is 7.99. The van der Waals surface area contributed by atoms with Gasteiger partial charge in [0.1, 0.15) is 0 Å². The van der Waals surface area contributed by atoms with Crippen molar-refractivity contribution < 1.29 is 45.1 Å². The van der Waals surface area contributed by atoms with Gasteiger partial charge < -0.3 is 0 Å². The van der Waals surface area contributed by atoms with Crippen LogP contribution in [-0.2, 0) is 52.2 Å². The van der Waals surface area contributed by atoms with E-state index >= 15 is 0 Å². The van der Waals surface area contributed by atoms with Gasteiger partial charge in [-0.2, -0.15) is 33.7 Å². The zero-order valence-corrected chi connectivity index (χ0v) is 16.7. The zero-order chi connectivity index (χ0) is 19.4. The van der Waals surface area contributed by atoms with Crippen molar-refractivity contribution in [3.05, 3.63) is 0 Å². The van der Waals surface area contributed by atoms with Gasteiger partial charge in [-0.1, -0.05) is 0 Å². The molecule has 0 heterocycles. The lowest BCUT2D eigenvalue weighted by molar-refractivity contribution is 0.122. The summed E-state index contributed by atoms with van der Waals surface area (Å²) in [6.07, 6.45) is -0.0523. The maximum atomic E-state index is 11.5. The number of unbranched alkanes of at least 4 members (excludes halogenated alkanes) is 1. The third-order valence-electron chi connectivity index (χ3n) is 1.81. The van der Waals surface area contributed by atoms with Crippen LogP contribution >= 0.6 is 0 Å². The second kappa shape index (κ2) is 7.92. The van der Waals surface area contributed by atoms with E-state index < -0.39 is 57.9 Å². The largest absolute Gasteiger partial charge is 0.415 e. The first-order chi connectivity index (χ1) is 10.3. The molecule has 0 aliphatic heterocycles. The van der Waals surface area contributed by atoms with Crippen molar-refractivity contribution in [1.82, 2.24) is 0 Å². The van der Waals surface area contributed by atoms with Crippen molar-refractivity contribution in [1.29, 1.82) is 0 Å². The molecule has 0 fully saturated rings. The lowest BCUT2D eigenvalue weighted by Crippen LogP contribution is -2.28. The summed E-state index contributed by atoms with van der Waals surface area (Å²) < 4.78 is 102. The third-order valence-corrected chi connectivity index (χ3v) is 7.40. The quantitative estimate of drug-likeness (QED) is 0.408. The van der Waals surface area contributed by atoms with Gasteiger partial charge in [-0.05, 0) is 33.6 Å². The van der Waals surface area contributed by atoms with Gasteiger partial charge in [0.25, 0.3) is 30.4 Å². The van der Waals surface area contributed by atoms with Gasteiger partial charge in [-0.25, -0.2) is 4.18 Å². The summed E-state index contributed by atoms with van der Waals surface area (Å²) in [5, 5.41) is 0. The van der Waals surface area contributed by atoms with Crippen molar-refractivity contribution in [2.24, 2.45) is 0 Å². The summed E-state index contributed by atoms with van der Waals surface area (Å²) >= 11 is 0. The second-order valence-corrected chi connectivity index (χ2v) is 12.2. The molecular formula is C9H20O11S4. The Bertz CT molecular complexity index is 826. The van der Waals surface area contributed by atoms with Crippen LogP contribution in [0.15, 0.2) is 0 Å². The minimum atomic E-state index is -4.80. The molecule has 0 atom stereocenters. The predicted octanol–water partition coefficient (Wildman–Crippen LogP) is -0.521. The molecule has 24 heavy (non-hydrogen) atoms. The van der Waals surface area contributed by atoms with Crippen LogP contribution in [0.25, 0.3) is 0 Å². The van der Waals surface area contributed by atoms with E-state index in [1.54, 1.807) is 0 Å². The van der Waals surface area contributed by atoms with E-state index in [1.807, 2.05) is 0 Å². The summed E-state index contributed by atoms with van der Waals surface area (Å²) in [5.41, 5.74) is -1.20. The van der Waals surface area contributed by atoms with Crippen LogP contribution in [-0.4, -0.2) is 57.0 Å². The minimum absolute atomic E-state index is 0.291. The Balaban J connectivity index is 4.57. The first kappa shape index (κ1) is 23.7.